The van der Waals surface area contributed by atoms with Crippen molar-refractivity contribution in [3.63, 3.8) is 0 Å². The fourth-order valence-corrected chi connectivity index (χ4v) is 4.84. The van der Waals surface area contributed by atoms with Crippen LogP contribution >= 0.6 is 11.3 Å². The maximum Gasteiger partial charge on any atom is 0.262 e. The van der Waals surface area contributed by atoms with E-state index in [1.54, 1.807) is 30.4 Å². The van der Waals surface area contributed by atoms with Crippen molar-refractivity contribution in [3.8, 4) is 5.75 Å². The number of hydrogen-bond acceptors (Lipinski definition) is 5. The van der Waals surface area contributed by atoms with E-state index in [2.05, 4.69) is 9.71 Å². The van der Waals surface area contributed by atoms with Gasteiger partial charge in [-0.1, -0.05) is 18.2 Å². The Morgan fingerprint density at radius 3 is 2.79 bits per heavy atom. The lowest BCUT2D eigenvalue weighted by atomic mass is 10.2. The summed E-state index contributed by atoms with van der Waals surface area (Å²) in [6.45, 7) is 4.00. The fourth-order valence-electron chi connectivity index (χ4n) is 2.41. The van der Waals surface area contributed by atoms with Crippen LogP contribution in [0.3, 0.4) is 0 Å². The van der Waals surface area contributed by atoms with Gasteiger partial charge in [0.25, 0.3) is 10.0 Å². The molecule has 0 aliphatic carbocycles. The van der Waals surface area contributed by atoms with Crippen molar-refractivity contribution in [2.75, 3.05) is 6.61 Å². The van der Waals surface area contributed by atoms with Crippen molar-refractivity contribution >= 4 is 31.4 Å². The first kappa shape index (κ1) is 16.9. The van der Waals surface area contributed by atoms with Gasteiger partial charge in [-0.3, -0.25) is 0 Å². The topological polar surface area (TPSA) is 68.3 Å². The number of rotatable bonds is 6. The van der Waals surface area contributed by atoms with Crippen LogP contribution in [0.2, 0.25) is 0 Å². The Balaban J connectivity index is 1.88. The summed E-state index contributed by atoms with van der Waals surface area (Å²) in [5.41, 5.74) is 0. The van der Waals surface area contributed by atoms with E-state index >= 15 is 0 Å². The summed E-state index contributed by atoms with van der Waals surface area (Å²) >= 11 is 1.58. The van der Waals surface area contributed by atoms with E-state index in [-0.39, 0.29) is 16.8 Å². The molecule has 3 rings (SSSR count). The van der Waals surface area contributed by atoms with Gasteiger partial charge < -0.3 is 4.74 Å². The Morgan fingerprint density at radius 1 is 1.25 bits per heavy atom. The second kappa shape index (κ2) is 6.88. The van der Waals surface area contributed by atoms with E-state index in [0.717, 1.165) is 15.0 Å². The van der Waals surface area contributed by atoms with Gasteiger partial charge in [0, 0.05) is 15.8 Å². The SMILES string of the molecule is CCOc1cccnc1S(=O)(=O)NC(C)c1cc2ccccc2s1. The molecule has 1 unspecified atom stereocenters. The minimum atomic E-state index is -3.78. The number of benzene rings is 1. The van der Waals surface area contributed by atoms with Crippen LogP contribution in [0.5, 0.6) is 5.75 Å². The third kappa shape index (κ3) is 3.43. The number of hydrogen-bond donors (Lipinski definition) is 1. The molecule has 0 saturated carbocycles. The Labute approximate surface area is 145 Å². The summed E-state index contributed by atoms with van der Waals surface area (Å²) in [6.07, 6.45) is 1.45. The first-order valence-corrected chi connectivity index (χ1v) is 9.90. The van der Waals surface area contributed by atoms with Gasteiger partial charge in [-0.05, 0) is 43.5 Å². The number of thiophene rings is 1. The average molecular weight is 362 g/mol. The van der Waals surface area contributed by atoms with Crippen LogP contribution in [0.15, 0.2) is 53.7 Å². The molecular weight excluding hydrogens is 344 g/mol. The van der Waals surface area contributed by atoms with E-state index < -0.39 is 10.0 Å². The van der Waals surface area contributed by atoms with E-state index in [4.69, 9.17) is 4.74 Å². The second-order valence-corrected chi connectivity index (χ2v) is 8.01. The molecule has 0 aliphatic heterocycles. The summed E-state index contributed by atoms with van der Waals surface area (Å²) < 4.78 is 34.6. The molecule has 1 atom stereocenters. The molecule has 0 aliphatic rings. The maximum absolute atomic E-state index is 12.7. The Hall–Kier alpha value is -1.96. The maximum atomic E-state index is 12.7. The number of ether oxygens (including phenoxy) is 1. The number of nitrogens with zero attached hydrogens (tertiary/aromatic N) is 1. The minimum absolute atomic E-state index is 0.0835. The van der Waals surface area contributed by atoms with Gasteiger partial charge in [0.1, 0.15) is 0 Å². The normalized spacial score (nSPS) is 13.1. The Kier molecular flexibility index (Phi) is 4.84. The van der Waals surface area contributed by atoms with Crippen LogP contribution in [-0.4, -0.2) is 20.0 Å². The highest BCUT2D eigenvalue weighted by molar-refractivity contribution is 7.89. The summed E-state index contributed by atoms with van der Waals surface area (Å²) in [7, 11) is -3.78. The number of pyridine rings is 1. The van der Waals surface area contributed by atoms with Crippen molar-refractivity contribution in [3.05, 3.63) is 53.5 Å². The van der Waals surface area contributed by atoms with E-state index in [0.29, 0.717) is 6.61 Å². The molecule has 1 N–H and O–H groups in total. The minimum Gasteiger partial charge on any atom is -0.491 e. The van der Waals surface area contributed by atoms with E-state index in [9.17, 15) is 8.42 Å². The lowest BCUT2D eigenvalue weighted by Crippen LogP contribution is -2.27. The van der Waals surface area contributed by atoms with Gasteiger partial charge in [-0.25, -0.2) is 18.1 Å². The smallest absolute Gasteiger partial charge is 0.262 e. The standard InChI is InChI=1S/C17H18N2O3S2/c1-3-22-14-8-6-10-18-17(14)24(20,21)19-12(2)16-11-13-7-4-5-9-15(13)23-16/h4-12,19H,3H2,1-2H3. The molecular formula is C17H18N2O3S2. The fraction of sp³-hybridized carbons (Fsp3) is 0.235. The first-order valence-electron chi connectivity index (χ1n) is 7.60. The summed E-state index contributed by atoms with van der Waals surface area (Å²) in [4.78, 5) is 4.94. The van der Waals surface area contributed by atoms with E-state index in [1.165, 1.54) is 6.20 Å². The molecule has 1 aromatic carbocycles. The lowest BCUT2D eigenvalue weighted by molar-refractivity contribution is 0.327. The van der Waals surface area contributed by atoms with Gasteiger partial charge in [-0.15, -0.1) is 11.3 Å². The predicted molar refractivity (Wildman–Crippen MR) is 96.0 cm³/mol. The molecule has 0 bridgehead atoms. The summed E-state index contributed by atoms with van der Waals surface area (Å²) in [6, 6.07) is 12.9. The zero-order valence-electron chi connectivity index (χ0n) is 13.4. The zero-order chi connectivity index (χ0) is 17.2. The van der Waals surface area contributed by atoms with E-state index in [1.807, 2.05) is 37.3 Å². The van der Waals surface area contributed by atoms with Gasteiger partial charge in [0.2, 0.25) is 5.03 Å². The summed E-state index contributed by atoms with van der Waals surface area (Å²) in [5.74, 6) is 0.260. The molecule has 2 heterocycles. The Bertz CT molecular complexity index is 918. The third-order valence-corrected chi connectivity index (χ3v) is 6.27. The number of nitrogens with one attached hydrogen (secondary N) is 1. The molecule has 0 saturated heterocycles. The number of sulfonamides is 1. The van der Waals surface area contributed by atoms with Crippen LogP contribution in [-0.2, 0) is 10.0 Å². The molecule has 0 spiro atoms. The average Bonchev–Trinajstić information content (AvgIpc) is 2.99. The molecule has 5 nitrogen and oxygen atoms in total. The van der Waals surface area contributed by atoms with Crippen LogP contribution in [0.25, 0.3) is 10.1 Å². The molecule has 7 heteroatoms. The highest BCUT2D eigenvalue weighted by atomic mass is 32.2. The first-order chi connectivity index (χ1) is 11.5. The van der Waals surface area contributed by atoms with Crippen LogP contribution in [0.4, 0.5) is 0 Å². The molecule has 0 fully saturated rings. The molecule has 24 heavy (non-hydrogen) atoms. The number of aromatic nitrogens is 1. The molecule has 3 aromatic rings. The summed E-state index contributed by atoms with van der Waals surface area (Å²) in [5, 5.41) is 1.02. The largest absolute Gasteiger partial charge is 0.491 e. The van der Waals surface area contributed by atoms with Crippen molar-refractivity contribution in [1.29, 1.82) is 0 Å². The van der Waals surface area contributed by atoms with Gasteiger partial charge in [0.05, 0.1) is 12.6 Å². The van der Waals surface area contributed by atoms with Crippen LogP contribution in [0.1, 0.15) is 24.8 Å². The monoisotopic (exact) mass is 362 g/mol. The number of fused-ring (bicyclic) bond motifs is 1. The van der Waals surface area contributed by atoms with Crippen LogP contribution in [0, 0.1) is 0 Å². The quantitative estimate of drug-likeness (QED) is 0.725. The predicted octanol–water partition coefficient (Wildman–Crippen LogP) is 3.73. The molecule has 0 radical (unpaired) electrons. The highest BCUT2D eigenvalue weighted by Gasteiger charge is 2.24. The molecule has 2 aromatic heterocycles. The van der Waals surface area contributed by atoms with Gasteiger partial charge >= 0.3 is 0 Å². The third-order valence-electron chi connectivity index (χ3n) is 3.49. The van der Waals surface area contributed by atoms with Crippen LogP contribution < -0.4 is 9.46 Å². The second-order valence-electron chi connectivity index (χ2n) is 5.27. The van der Waals surface area contributed by atoms with Crippen molar-refractivity contribution in [1.82, 2.24) is 9.71 Å². The van der Waals surface area contributed by atoms with Crippen molar-refractivity contribution < 1.29 is 13.2 Å². The molecule has 0 amide bonds. The van der Waals surface area contributed by atoms with Crippen molar-refractivity contribution in [2.24, 2.45) is 0 Å². The highest BCUT2D eigenvalue weighted by Crippen LogP contribution is 2.31. The zero-order valence-corrected chi connectivity index (χ0v) is 15.0. The van der Waals surface area contributed by atoms with Crippen molar-refractivity contribution in [2.45, 2.75) is 24.9 Å². The lowest BCUT2D eigenvalue weighted by Gasteiger charge is -2.14. The Morgan fingerprint density at radius 2 is 2.04 bits per heavy atom. The van der Waals surface area contributed by atoms with Gasteiger partial charge in [0.15, 0.2) is 5.75 Å². The molecule has 126 valence electrons. The van der Waals surface area contributed by atoms with Gasteiger partial charge in [-0.2, -0.15) is 0 Å².